The zero-order valence-corrected chi connectivity index (χ0v) is 54.2. The Kier molecular flexibility index (Phi) is 66.3. The van der Waals surface area contributed by atoms with E-state index in [0.29, 0.717) is 19.3 Å². The van der Waals surface area contributed by atoms with Gasteiger partial charge in [0.05, 0.1) is 0 Å². The minimum Gasteiger partial charge on any atom is -0.462 e. The topological polar surface area (TPSA) is 78.9 Å². The normalized spacial score (nSPS) is 13.0. The van der Waals surface area contributed by atoms with Gasteiger partial charge in [-0.15, -0.1) is 0 Å². The van der Waals surface area contributed by atoms with Crippen LogP contribution in [0.2, 0.25) is 0 Å². The molecule has 0 fully saturated rings. The van der Waals surface area contributed by atoms with Gasteiger partial charge in [0.25, 0.3) is 0 Å². The fraction of sp³-hybridized carbons (Fsp3) is 0.675. The van der Waals surface area contributed by atoms with Gasteiger partial charge in [0, 0.05) is 19.3 Å². The molecule has 0 heterocycles. The summed E-state index contributed by atoms with van der Waals surface area (Å²) < 4.78 is 17.0. The van der Waals surface area contributed by atoms with Gasteiger partial charge in [-0.3, -0.25) is 14.4 Å². The lowest BCUT2D eigenvalue weighted by atomic mass is 10.0. The lowest BCUT2D eigenvalue weighted by molar-refractivity contribution is -0.167. The van der Waals surface area contributed by atoms with Crippen LogP contribution in [0.15, 0.2) is 134 Å². The molecule has 0 aromatic carbocycles. The van der Waals surface area contributed by atoms with Crippen molar-refractivity contribution in [2.45, 2.75) is 322 Å². The minimum atomic E-state index is -0.795. The zero-order chi connectivity index (χ0) is 59.9. The van der Waals surface area contributed by atoms with E-state index in [4.69, 9.17) is 14.2 Å². The number of rotatable bonds is 62. The summed E-state index contributed by atoms with van der Waals surface area (Å²) in [4.78, 5) is 38.5. The van der Waals surface area contributed by atoms with Crippen molar-refractivity contribution in [1.29, 1.82) is 0 Å². The van der Waals surface area contributed by atoms with E-state index < -0.39 is 6.10 Å². The number of allylic oxidation sites excluding steroid dienone is 22. The van der Waals surface area contributed by atoms with Gasteiger partial charge in [-0.1, -0.05) is 296 Å². The van der Waals surface area contributed by atoms with Crippen molar-refractivity contribution in [3.05, 3.63) is 134 Å². The van der Waals surface area contributed by atoms with Crippen molar-refractivity contribution in [3.63, 3.8) is 0 Å². The van der Waals surface area contributed by atoms with Crippen LogP contribution in [0.25, 0.3) is 0 Å². The van der Waals surface area contributed by atoms with Crippen molar-refractivity contribution < 1.29 is 28.6 Å². The number of ether oxygens (including phenoxy) is 3. The van der Waals surface area contributed by atoms with Crippen molar-refractivity contribution in [1.82, 2.24) is 0 Å². The Balaban J connectivity index is 4.40. The van der Waals surface area contributed by atoms with Crippen LogP contribution in [0.4, 0.5) is 0 Å². The van der Waals surface area contributed by atoms with Gasteiger partial charge in [0.1, 0.15) is 13.2 Å². The lowest BCUT2D eigenvalue weighted by Crippen LogP contribution is -2.30. The average Bonchev–Trinajstić information content (AvgIpc) is 3.49. The predicted octanol–water partition coefficient (Wildman–Crippen LogP) is 24.1. The summed E-state index contributed by atoms with van der Waals surface area (Å²) >= 11 is 0. The molecular weight excluding hydrogens is 1020 g/mol. The SMILES string of the molecule is CC/C=C\C/C=C\C/C=C\C/C=C\C/C=C\C/C=C\CCCCCCCCC(=O)OCC(COC(=O)CCCCCCC/C=C\CCCCCCCC)OC(=O)CCCCCCCCCCCCCC/C=C\C/C=C\C/C=C\C/C=C\CC. The second-order valence-electron chi connectivity index (χ2n) is 22.7. The number of carbonyl (C=O) groups excluding carboxylic acids is 3. The first-order valence-electron chi connectivity index (χ1n) is 34.7. The lowest BCUT2D eigenvalue weighted by Gasteiger charge is -2.18. The Bertz CT molecular complexity index is 1750. The van der Waals surface area contributed by atoms with Gasteiger partial charge >= 0.3 is 17.9 Å². The van der Waals surface area contributed by atoms with Crippen LogP contribution in [0.1, 0.15) is 316 Å². The summed E-state index contributed by atoms with van der Waals surface area (Å²) in [6.07, 6.45) is 98.9. The van der Waals surface area contributed by atoms with Gasteiger partial charge in [-0.25, -0.2) is 0 Å². The van der Waals surface area contributed by atoms with Gasteiger partial charge < -0.3 is 14.2 Å². The maximum Gasteiger partial charge on any atom is 0.306 e. The van der Waals surface area contributed by atoms with E-state index in [1.165, 1.54) is 135 Å². The predicted molar refractivity (Wildman–Crippen MR) is 362 cm³/mol. The molecule has 0 amide bonds. The van der Waals surface area contributed by atoms with Crippen LogP contribution >= 0.6 is 0 Å². The molecule has 0 spiro atoms. The van der Waals surface area contributed by atoms with Crippen LogP contribution in [0, 0.1) is 0 Å². The number of carbonyl (C=O) groups is 3. The Morgan fingerprint density at radius 2 is 0.470 bits per heavy atom. The van der Waals surface area contributed by atoms with E-state index in [2.05, 4.69) is 154 Å². The summed E-state index contributed by atoms with van der Waals surface area (Å²) in [7, 11) is 0. The van der Waals surface area contributed by atoms with Gasteiger partial charge in [0.15, 0.2) is 6.10 Å². The van der Waals surface area contributed by atoms with Gasteiger partial charge in [-0.2, -0.15) is 0 Å². The Hall–Kier alpha value is -4.45. The van der Waals surface area contributed by atoms with Crippen LogP contribution in [-0.4, -0.2) is 37.2 Å². The second kappa shape index (κ2) is 70.0. The van der Waals surface area contributed by atoms with Crippen LogP contribution in [-0.2, 0) is 28.6 Å². The van der Waals surface area contributed by atoms with E-state index in [1.54, 1.807) is 0 Å². The molecule has 6 nitrogen and oxygen atoms in total. The van der Waals surface area contributed by atoms with Gasteiger partial charge in [0.2, 0.25) is 0 Å². The molecule has 0 radical (unpaired) electrons. The molecule has 1 unspecified atom stereocenters. The maximum absolute atomic E-state index is 13.0. The molecule has 0 saturated carbocycles. The standard InChI is InChI=1S/C77H128O6/c1-4-7-10-13-16-19-22-25-28-30-32-34-36-38-40-42-44-46-49-52-55-58-61-64-67-70-76(79)82-73-74(72-81-75(78)69-66-63-60-57-54-51-48-27-24-21-18-15-12-9-6-3)83-77(80)71-68-65-62-59-56-53-50-47-45-43-41-39-37-35-33-31-29-26-23-20-17-14-11-8-5-2/h7-8,10-11,16-17,19-20,25-29,32-35,38,40,44,46,48,74H,4-6,9,12-15,18,21-24,30-31,36-37,39,41-43,45,47,49-73H2,1-3H3/b10-7-,11-8-,19-16-,20-17-,28-25-,29-26-,34-32-,35-33-,40-38-,46-44-,48-27-. The summed E-state index contributed by atoms with van der Waals surface area (Å²) in [5, 5.41) is 0. The summed E-state index contributed by atoms with van der Waals surface area (Å²) in [5.74, 6) is -0.906. The molecule has 83 heavy (non-hydrogen) atoms. The summed E-state index contributed by atoms with van der Waals surface area (Å²) in [6, 6.07) is 0. The number of unbranched alkanes of at least 4 members (excludes halogenated alkanes) is 29. The molecule has 0 N–H and O–H groups in total. The van der Waals surface area contributed by atoms with E-state index in [0.717, 1.165) is 141 Å². The van der Waals surface area contributed by atoms with E-state index >= 15 is 0 Å². The first-order chi connectivity index (χ1) is 41.0. The van der Waals surface area contributed by atoms with Crippen molar-refractivity contribution in [2.75, 3.05) is 13.2 Å². The number of hydrogen-bond donors (Lipinski definition) is 0. The van der Waals surface area contributed by atoms with E-state index in [9.17, 15) is 14.4 Å². The molecule has 6 heteroatoms. The largest absolute Gasteiger partial charge is 0.462 e. The summed E-state index contributed by atoms with van der Waals surface area (Å²) in [6.45, 7) is 6.41. The van der Waals surface area contributed by atoms with Crippen molar-refractivity contribution >= 4 is 17.9 Å². The Morgan fingerprint density at radius 3 is 0.747 bits per heavy atom. The third kappa shape index (κ3) is 68.2. The maximum atomic E-state index is 13.0. The molecule has 472 valence electrons. The minimum absolute atomic E-state index is 0.0898. The fourth-order valence-electron chi connectivity index (χ4n) is 9.49. The molecule has 0 aromatic heterocycles. The molecule has 0 aromatic rings. The zero-order valence-electron chi connectivity index (χ0n) is 54.2. The molecule has 0 saturated heterocycles. The average molecular weight is 1150 g/mol. The molecular formula is C77H128O6. The van der Waals surface area contributed by atoms with Gasteiger partial charge in [-0.05, 0) is 135 Å². The van der Waals surface area contributed by atoms with E-state index in [1.807, 2.05) is 0 Å². The van der Waals surface area contributed by atoms with Crippen LogP contribution in [0.3, 0.4) is 0 Å². The number of esters is 3. The highest BCUT2D eigenvalue weighted by Crippen LogP contribution is 2.16. The summed E-state index contributed by atoms with van der Waals surface area (Å²) in [5.41, 5.74) is 0. The Labute approximate surface area is 513 Å². The third-order valence-corrected chi connectivity index (χ3v) is 14.6. The Morgan fingerprint density at radius 1 is 0.253 bits per heavy atom. The van der Waals surface area contributed by atoms with E-state index in [-0.39, 0.29) is 31.1 Å². The smallest absolute Gasteiger partial charge is 0.306 e. The fourth-order valence-corrected chi connectivity index (χ4v) is 9.49. The quantitative estimate of drug-likeness (QED) is 0.0261. The molecule has 0 aliphatic rings. The number of hydrogen-bond acceptors (Lipinski definition) is 6. The first kappa shape index (κ1) is 78.5. The van der Waals surface area contributed by atoms with Crippen molar-refractivity contribution in [3.8, 4) is 0 Å². The van der Waals surface area contributed by atoms with Crippen LogP contribution < -0.4 is 0 Å². The highest BCUT2D eigenvalue weighted by Gasteiger charge is 2.19. The highest BCUT2D eigenvalue weighted by atomic mass is 16.6. The molecule has 0 rings (SSSR count). The monoisotopic (exact) mass is 1150 g/mol. The highest BCUT2D eigenvalue weighted by molar-refractivity contribution is 5.71. The molecule has 0 aliphatic heterocycles. The molecule has 1 atom stereocenters. The first-order valence-corrected chi connectivity index (χ1v) is 34.7. The molecule has 0 aliphatic carbocycles. The van der Waals surface area contributed by atoms with Crippen molar-refractivity contribution in [2.24, 2.45) is 0 Å². The molecule has 0 bridgehead atoms. The third-order valence-electron chi connectivity index (χ3n) is 14.6. The second-order valence-corrected chi connectivity index (χ2v) is 22.7. The van der Waals surface area contributed by atoms with Crippen LogP contribution in [0.5, 0.6) is 0 Å².